The zero-order valence-corrected chi connectivity index (χ0v) is 19.5. The minimum atomic E-state index is -4.52. The summed E-state index contributed by atoms with van der Waals surface area (Å²) in [6, 6.07) is 7.04. The van der Waals surface area contributed by atoms with Crippen LogP contribution in [0.3, 0.4) is 0 Å². The van der Waals surface area contributed by atoms with E-state index in [0.29, 0.717) is 24.8 Å². The third-order valence-electron chi connectivity index (χ3n) is 4.96. The molecule has 0 aliphatic carbocycles. The monoisotopic (exact) mass is 550 g/mol. The smallest absolute Gasteiger partial charge is 0.429 e. The Balaban J connectivity index is 1.76. The molecule has 3 rings (SSSR count). The van der Waals surface area contributed by atoms with Gasteiger partial charge in [-0.25, -0.2) is 22.0 Å². The predicted molar refractivity (Wildman–Crippen MR) is 118 cm³/mol. The lowest BCUT2D eigenvalue weighted by Gasteiger charge is -2.21. The van der Waals surface area contributed by atoms with Crippen LogP contribution in [0, 0.1) is 17.5 Å². The van der Waals surface area contributed by atoms with E-state index in [9.17, 15) is 39.5 Å². The fourth-order valence-electron chi connectivity index (χ4n) is 3.23. The first-order valence-electron chi connectivity index (χ1n) is 11.0. The number of hydrogen-bond donors (Lipinski definition) is 0. The van der Waals surface area contributed by atoms with Gasteiger partial charge in [0.05, 0.1) is 11.8 Å². The Morgan fingerprint density at radius 3 is 1.89 bits per heavy atom. The number of rotatable bonds is 11. The molecule has 0 unspecified atom stereocenters. The lowest BCUT2D eigenvalue weighted by Crippen LogP contribution is -2.24. The zero-order valence-electron chi connectivity index (χ0n) is 19.5. The van der Waals surface area contributed by atoms with Gasteiger partial charge in [-0.05, 0) is 36.2 Å². The van der Waals surface area contributed by atoms with Crippen molar-refractivity contribution < 1.29 is 53.7 Å². The van der Waals surface area contributed by atoms with E-state index in [0.717, 1.165) is 24.1 Å². The molecule has 0 atom stereocenters. The van der Waals surface area contributed by atoms with Crippen LogP contribution in [-0.4, -0.2) is 6.43 Å². The van der Waals surface area contributed by atoms with Crippen molar-refractivity contribution >= 4 is 0 Å². The number of halogens is 9. The van der Waals surface area contributed by atoms with Gasteiger partial charge >= 0.3 is 12.2 Å². The highest BCUT2D eigenvalue weighted by Crippen LogP contribution is 2.38. The maximum atomic E-state index is 14.6. The molecule has 0 amide bonds. The first-order valence-corrected chi connectivity index (χ1v) is 11.0. The molecule has 3 nitrogen and oxygen atoms in total. The quantitative estimate of drug-likeness (QED) is 0.177. The highest BCUT2D eigenvalue weighted by atomic mass is 19.3. The Labute approximate surface area is 211 Å². The van der Waals surface area contributed by atoms with Crippen molar-refractivity contribution in [3.63, 3.8) is 0 Å². The van der Waals surface area contributed by atoms with Gasteiger partial charge in [0.1, 0.15) is 22.9 Å². The van der Waals surface area contributed by atoms with E-state index in [1.54, 1.807) is 0 Å². The first kappa shape index (κ1) is 28.7. The molecule has 0 radical (unpaired) electrons. The minimum Gasteiger partial charge on any atom is -0.459 e. The third kappa shape index (κ3) is 7.14. The maximum absolute atomic E-state index is 14.6. The second kappa shape index (κ2) is 11.7. The molecule has 3 aromatic carbocycles. The van der Waals surface area contributed by atoms with E-state index in [1.807, 2.05) is 6.92 Å². The highest BCUT2D eigenvalue weighted by molar-refractivity contribution is 5.37. The van der Waals surface area contributed by atoms with Crippen molar-refractivity contribution in [2.24, 2.45) is 0 Å². The fraction of sp³-hybridized carbons (Fsp3) is 0.231. The number of hydrogen-bond acceptors (Lipinski definition) is 3. The van der Waals surface area contributed by atoms with E-state index < -0.39 is 64.5 Å². The Kier molecular flexibility index (Phi) is 8.85. The molecule has 0 saturated heterocycles. The van der Waals surface area contributed by atoms with Gasteiger partial charge in [0.15, 0.2) is 17.4 Å². The highest BCUT2D eigenvalue weighted by Gasteiger charge is 2.39. The van der Waals surface area contributed by atoms with Crippen LogP contribution in [0.5, 0.6) is 17.2 Å². The minimum absolute atomic E-state index is 0.173. The van der Waals surface area contributed by atoms with E-state index in [-0.39, 0.29) is 24.3 Å². The first-order chi connectivity index (χ1) is 17.8. The third-order valence-corrected chi connectivity index (χ3v) is 4.96. The molecule has 0 bridgehead atoms. The van der Waals surface area contributed by atoms with Crippen LogP contribution in [0.2, 0.25) is 0 Å². The predicted octanol–water partition coefficient (Wildman–Crippen LogP) is 8.47. The number of allylic oxidation sites excluding steroid dienone is 1. The number of alkyl halides is 6. The topological polar surface area (TPSA) is 27.7 Å². The average molecular weight is 550 g/mol. The SMILES string of the molecule is CCCc1ccc(C(F)(F)Oc2ccc(C(F)(F)Oc3cc(F)c(O/C=C/C(F)F)c(F)c3)c(F)c2)cc1. The van der Waals surface area contributed by atoms with Crippen LogP contribution in [0.25, 0.3) is 0 Å². The summed E-state index contributed by atoms with van der Waals surface area (Å²) < 4.78 is 138. The van der Waals surface area contributed by atoms with Crippen LogP contribution < -0.4 is 14.2 Å². The van der Waals surface area contributed by atoms with Crippen molar-refractivity contribution in [1.82, 2.24) is 0 Å². The Morgan fingerprint density at radius 1 is 0.763 bits per heavy atom. The van der Waals surface area contributed by atoms with Gasteiger partial charge in [-0.2, -0.15) is 17.6 Å². The molecule has 0 aliphatic rings. The maximum Gasteiger partial charge on any atom is 0.429 e. The van der Waals surface area contributed by atoms with Crippen molar-refractivity contribution in [3.8, 4) is 17.2 Å². The molecule has 0 N–H and O–H groups in total. The molecular formula is C26H19F9O3. The molecular weight excluding hydrogens is 531 g/mol. The molecule has 0 spiro atoms. The Morgan fingerprint density at radius 2 is 1.34 bits per heavy atom. The molecule has 0 fully saturated rings. The summed E-state index contributed by atoms with van der Waals surface area (Å²) in [7, 11) is 0. The van der Waals surface area contributed by atoms with Gasteiger partial charge in [-0.1, -0.05) is 25.5 Å². The standard InChI is InChI=1S/C26H19F9O3/c1-2-3-15-4-6-16(7-5-15)25(32,33)37-17-8-9-19(20(27)12-17)26(34,35)38-18-13-21(28)24(22(29)14-18)36-11-10-23(30)31/h4-14,23H,2-3H2,1H3/b11-10+. The molecule has 0 aliphatic heterocycles. The van der Waals surface area contributed by atoms with E-state index in [1.165, 1.54) is 12.1 Å². The van der Waals surface area contributed by atoms with Crippen molar-refractivity contribution in [2.75, 3.05) is 0 Å². The zero-order chi connectivity index (χ0) is 28.1. The summed E-state index contributed by atoms with van der Waals surface area (Å²) >= 11 is 0. The molecule has 3 aromatic rings. The summed E-state index contributed by atoms with van der Waals surface area (Å²) in [5.41, 5.74) is -1.18. The summed E-state index contributed by atoms with van der Waals surface area (Å²) in [6.45, 7) is 1.92. The summed E-state index contributed by atoms with van der Waals surface area (Å²) in [5.74, 6) is -7.92. The van der Waals surface area contributed by atoms with Crippen molar-refractivity contribution in [3.05, 3.63) is 101 Å². The van der Waals surface area contributed by atoms with Crippen molar-refractivity contribution in [2.45, 2.75) is 38.4 Å². The lowest BCUT2D eigenvalue weighted by molar-refractivity contribution is -0.188. The summed E-state index contributed by atoms with van der Waals surface area (Å²) in [4.78, 5) is 0. The molecule has 38 heavy (non-hydrogen) atoms. The fourth-order valence-corrected chi connectivity index (χ4v) is 3.23. The van der Waals surface area contributed by atoms with Gasteiger partial charge in [0.2, 0.25) is 0 Å². The van der Waals surface area contributed by atoms with E-state index in [2.05, 4.69) is 14.2 Å². The second-order valence-corrected chi connectivity index (χ2v) is 7.82. The van der Waals surface area contributed by atoms with Crippen molar-refractivity contribution in [1.29, 1.82) is 0 Å². The molecule has 0 saturated carbocycles. The van der Waals surface area contributed by atoms with Crippen LogP contribution in [0.4, 0.5) is 39.5 Å². The Bertz CT molecular complexity index is 1250. The van der Waals surface area contributed by atoms with Crippen LogP contribution in [0.15, 0.2) is 66.9 Å². The molecule has 0 aromatic heterocycles. The van der Waals surface area contributed by atoms with Crippen LogP contribution in [-0.2, 0) is 18.6 Å². The van der Waals surface area contributed by atoms with Gasteiger partial charge in [0.25, 0.3) is 6.43 Å². The number of benzene rings is 3. The largest absolute Gasteiger partial charge is 0.459 e. The van der Waals surface area contributed by atoms with Gasteiger partial charge in [-0.3, -0.25) is 0 Å². The van der Waals surface area contributed by atoms with Gasteiger partial charge in [-0.15, -0.1) is 0 Å². The average Bonchev–Trinajstić information content (AvgIpc) is 2.80. The van der Waals surface area contributed by atoms with Crippen LogP contribution in [0.1, 0.15) is 30.0 Å². The molecule has 12 heteroatoms. The second-order valence-electron chi connectivity index (χ2n) is 7.82. The van der Waals surface area contributed by atoms with Gasteiger partial charge < -0.3 is 14.2 Å². The van der Waals surface area contributed by atoms with E-state index >= 15 is 0 Å². The van der Waals surface area contributed by atoms with Crippen LogP contribution >= 0.6 is 0 Å². The Hall–Kier alpha value is -3.83. The van der Waals surface area contributed by atoms with Gasteiger partial charge in [0, 0.05) is 24.3 Å². The summed E-state index contributed by atoms with van der Waals surface area (Å²) in [5, 5.41) is 0. The molecule has 0 heterocycles. The number of aryl methyl sites for hydroxylation is 1. The van der Waals surface area contributed by atoms with E-state index in [4.69, 9.17) is 0 Å². The normalized spacial score (nSPS) is 12.3. The number of ether oxygens (including phenoxy) is 3. The lowest BCUT2D eigenvalue weighted by atomic mass is 10.1. The summed E-state index contributed by atoms with van der Waals surface area (Å²) in [6.07, 6.45) is -9.46. The molecule has 204 valence electrons.